The molecule has 1 spiro atoms. The molecule has 2 heteroatoms. The van der Waals surface area contributed by atoms with Gasteiger partial charge in [-0.25, -0.2) is 0 Å². The van der Waals surface area contributed by atoms with Crippen molar-refractivity contribution in [2.24, 2.45) is 5.41 Å². The molecule has 0 unspecified atom stereocenters. The smallest absolute Gasteiger partial charge is 0.0644 e. The minimum absolute atomic E-state index is 0.321. The molecule has 0 aromatic heterocycles. The fraction of sp³-hybridized carbons (Fsp3) is 1.00. The zero-order valence-electron chi connectivity index (χ0n) is 9.57. The quantitative estimate of drug-likeness (QED) is 0.730. The lowest BCUT2D eigenvalue weighted by Crippen LogP contribution is -2.43. The molecule has 2 fully saturated rings. The first-order chi connectivity index (χ1) is 6.74. The van der Waals surface area contributed by atoms with Crippen LogP contribution in [0, 0.1) is 5.41 Å². The van der Waals surface area contributed by atoms with E-state index < -0.39 is 0 Å². The van der Waals surface area contributed by atoms with Gasteiger partial charge in [-0.05, 0) is 31.1 Å². The maximum Gasteiger partial charge on any atom is 0.0644 e. The van der Waals surface area contributed by atoms with E-state index in [2.05, 4.69) is 12.2 Å². The Hall–Kier alpha value is -0.0800. The van der Waals surface area contributed by atoms with Gasteiger partial charge in [-0.15, -0.1) is 0 Å². The lowest BCUT2D eigenvalue weighted by atomic mass is 9.87. The molecule has 2 aliphatic rings. The predicted molar refractivity (Wildman–Crippen MR) is 58.4 cm³/mol. The van der Waals surface area contributed by atoms with Crippen LogP contribution in [0.25, 0.3) is 0 Å². The summed E-state index contributed by atoms with van der Waals surface area (Å²) in [6.45, 7) is 4.40. The van der Waals surface area contributed by atoms with Gasteiger partial charge in [0.2, 0.25) is 0 Å². The van der Waals surface area contributed by atoms with Crippen molar-refractivity contribution in [1.29, 1.82) is 0 Å². The monoisotopic (exact) mass is 197 g/mol. The second-order valence-electron chi connectivity index (χ2n) is 5.35. The van der Waals surface area contributed by atoms with Crippen molar-refractivity contribution in [2.45, 2.75) is 51.0 Å². The largest absolute Gasteiger partial charge is 0.383 e. The Morgan fingerprint density at radius 3 is 2.64 bits per heavy atom. The third-order valence-electron chi connectivity index (χ3n) is 3.94. The maximum absolute atomic E-state index is 5.38. The molecule has 0 radical (unpaired) electrons. The van der Waals surface area contributed by atoms with Crippen LogP contribution >= 0.6 is 0 Å². The average molecular weight is 197 g/mol. The number of rotatable bonds is 5. The molecule has 1 saturated heterocycles. The van der Waals surface area contributed by atoms with E-state index in [0.717, 1.165) is 6.61 Å². The Balaban J connectivity index is 1.93. The third kappa shape index (κ3) is 1.96. The van der Waals surface area contributed by atoms with Crippen LogP contribution in [0.3, 0.4) is 0 Å². The molecule has 0 aromatic rings. The van der Waals surface area contributed by atoms with E-state index in [1.807, 2.05) is 7.11 Å². The normalized spacial score (nSPS) is 33.9. The van der Waals surface area contributed by atoms with Gasteiger partial charge in [-0.1, -0.05) is 19.8 Å². The van der Waals surface area contributed by atoms with Crippen LogP contribution in [-0.2, 0) is 4.74 Å². The molecule has 1 aliphatic carbocycles. The van der Waals surface area contributed by atoms with Crippen molar-refractivity contribution in [3.63, 3.8) is 0 Å². The Kier molecular flexibility index (Phi) is 2.85. The molecule has 1 heterocycles. The predicted octanol–water partition coefficient (Wildman–Crippen LogP) is 2.34. The van der Waals surface area contributed by atoms with Crippen LogP contribution in [0.4, 0.5) is 0 Å². The lowest BCUT2D eigenvalue weighted by molar-refractivity contribution is 0.110. The first-order valence-corrected chi connectivity index (χ1v) is 5.98. The lowest BCUT2D eigenvalue weighted by Gasteiger charge is -2.29. The maximum atomic E-state index is 5.38. The average Bonchev–Trinajstić information content (AvgIpc) is 2.82. The summed E-state index contributed by atoms with van der Waals surface area (Å²) in [6, 6.07) is 0. The van der Waals surface area contributed by atoms with Gasteiger partial charge in [0.05, 0.1) is 6.61 Å². The molecule has 1 aliphatic heterocycles. The molecule has 1 atom stereocenters. The minimum atomic E-state index is 0.321. The van der Waals surface area contributed by atoms with Crippen LogP contribution < -0.4 is 5.32 Å². The topological polar surface area (TPSA) is 21.3 Å². The number of nitrogens with one attached hydrogen (secondary N) is 1. The summed E-state index contributed by atoms with van der Waals surface area (Å²) in [6.07, 6.45) is 8.15. The first-order valence-electron chi connectivity index (χ1n) is 5.98. The Bertz CT molecular complexity index is 200. The molecule has 2 rings (SSSR count). The van der Waals surface area contributed by atoms with Gasteiger partial charge in [-0.3, -0.25) is 0 Å². The van der Waals surface area contributed by atoms with Gasteiger partial charge in [0.15, 0.2) is 0 Å². The van der Waals surface area contributed by atoms with E-state index in [1.54, 1.807) is 0 Å². The highest BCUT2D eigenvalue weighted by Crippen LogP contribution is 2.55. The van der Waals surface area contributed by atoms with Crippen LogP contribution in [-0.4, -0.2) is 25.8 Å². The highest BCUT2D eigenvalue weighted by atomic mass is 16.5. The van der Waals surface area contributed by atoms with Crippen LogP contribution in [0.2, 0.25) is 0 Å². The number of hydrogen-bond acceptors (Lipinski definition) is 2. The van der Waals surface area contributed by atoms with Gasteiger partial charge in [0.1, 0.15) is 0 Å². The van der Waals surface area contributed by atoms with Crippen molar-refractivity contribution in [3.05, 3.63) is 0 Å². The SMILES string of the molecule is CCCC[C@]1(COC)CC2(CC2)CN1. The fourth-order valence-corrected chi connectivity index (χ4v) is 2.89. The van der Waals surface area contributed by atoms with Gasteiger partial charge in [0.25, 0.3) is 0 Å². The van der Waals surface area contributed by atoms with E-state index in [4.69, 9.17) is 4.74 Å². The first kappa shape index (κ1) is 10.4. The molecular formula is C12H23NO. The third-order valence-corrected chi connectivity index (χ3v) is 3.94. The number of hydrogen-bond donors (Lipinski definition) is 1. The highest BCUT2D eigenvalue weighted by Gasteiger charge is 2.54. The second kappa shape index (κ2) is 3.82. The van der Waals surface area contributed by atoms with E-state index >= 15 is 0 Å². The Morgan fingerprint density at radius 2 is 2.14 bits per heavy atom. The van der Waals surface area contributed by atoms with Gasteiger partial charge >= 0.3 is 0 Å². The summed E-state index contributed by atoms with van der Waals surface area (Å²) < 4.78 is 5.38. The van der Waals surface area contributed by atoms with Crippen LogP contribution in [0.5, 0.6) is 0 Å². The van der Waals surface area contributed by atoms with Crippen molar-refractivity contribution in [3.8, 4) is 0 Å². The van der Waals surface area contributed by atoms with Crippen molar-refractivity contribution in [1.82, 2.24) is 5.32 Å². The summed E-state index contributed by atoms with van der Waals surface area (Å²) in [7, 11) is 1.83. The molecule has 0 bridgehead atoms. The van der Waals surface area contributed by atoms with Gasteiger partial charge in [-0.2, -0.15) is 0 Å². The molecule has 0 aromatic carbocycles. The van der Waals surface area contributed by atoms with Crippen LogP contribution in [0.1, 0.15) is 45.4 Å². The summed E-state index contributed by atoms with van der Waals surface area (Å²) in [5, 5.41) is 3.73. The van der Waals surface area contributed by atoms with Crippen molar-refractivity contribution < 1.29 is 4.74 Å². The minimum Gasteiger partial charge on any atom is -0.383 e. The molecule has 2 nitrogen and oxygen atoms in total. The molecule has 1 N–H and O–H groups in total. The Labute approximate surface area is 87.4 Å². The summed E-state index contributed by atoms with van der Waals surface area (Å²) >= 11 is 0. The van der Waals surface area contributed by atoms with E-state index in [0.29, 0.717) is 11.0 Å². The second-order valence-corrected chi connectivity index (χ2v) is 5.35. The summed E-state index contributed by atoms with van der Waals surface area (Å²) in [4.78, 5) is 0. The molecule has 14 heavy (non-hydrogen) atoms. The number of methoxy groups -OCH3 is 1. The standard InChI is InChI=1S/C12H23NO/c1-3-4-5-12(10-14-2)8-11(6-7-11)9-13-12/h13H,3-10H2,1-2H3/t12-/m1/s1. The zero-order valence-corrected chi connectivity index (χ0v) is 9.57. The molecule has 1 saturated carbocycles. The summed E-state index contributed by atoms with van der Waals surface area (Å²) in [5.41, 5.74) is 1.01. The van der Waals surface area contributed by atoms with Crippen LogP contribution in [0.15, 0.2) is 0 Å². The van der Waals surface area contributed by atoms with Crippen molar-refractivity contribution >= 4 is 0 Å². The van der Waals surface area contributed by atoms with E-state index in [1.165, 1.54) is 45.1 Å². The van der Waals surface area contributed by atoms with Gasteiger partial charge < -0.3 is 10.1 Å². The molecule has 82 valence electrons. The van der Waals surface area contributed by atoms with Crippen molar-refractivity contribution in [2.75, 3.05) is 20.3 Å². The molecule has 0 amide bonds. The van der Waals surface area contributed by atoms with E-state index in [9.17, 15) is 0 Å². The number of ether oxygens (including phenoxy) is 1. The fourth-order valence-electron chi connectivity index (χ4n) is 2.89. The zero-order chi connectivity index (χ0) is 10.1. The highest BCUT2D eigenvalue weighted by molar-refractivity contribution is 5.10. The Morgan fingerprint density at radius 1 is 1.36 bits per heavy atom. The number of unbranched alkanes of at least 4 members (excludes halogenated alkanes) is 1. The van der Waals surface area contributed by atoms with Gasteiger partial charge in [0, 0.05) is 19.2 Å². The van der Waals surface area contributed by atoms with E-state index in [-0.39, 0.29) is 0 Å². The summed E-state index contributed by atoms with van der Waals surface area (Å²) in [5.74, 6) is 0. The molecular weight excluding hydrogens is 174 g/mol.